The third-order valence-corrected chi connectivity index (χ3v) is 1.55. The fourth-order valence-electron chi connectivity index (χ4n) is 0.843. The second-order valence-electron chi connectivity index (χ2n) is 2.94. The van der Waals surface area contributed by atoms with Crippen LogP contribution in [0.5, 0.6) is 0 Å². The number of nitrogens with zero attached hydrogens (tertiary/aromatic N) is 1. The van der Waals surface area contributed by atoms with Gasteiger partial charge in [0.1, 0.15) is 11.3 Å². The molecule has 0 aliphatic carbocycles. The van der Waals surface area contributed by atoms with Crippen LogP contribution in [0.4, 0.5) is 0 Å². The molecule has 0 bridgehead atoms. The van der Waals surface area contributed by atoms with Crippen molar-refractivity contribution in [2.24, 2.45) is 0 Å². The van der Waals surface area contributed by atoms with Gasteiger partial charge in [-0.25, -0.2) is 0 Å². The molecule has 1 N–H and O–H groups in total. The molecule has 1 heterocycles. The van der Waals surface area contributed by atoms with Crippen LogP contribution in [0, 0.1) is 6.92 Å². The van der Waals surface area contributed by atoms with Crippen molar-refractivity contribution < 1.29 is 9.32 Å². The van der Waals surface area contributed by atoms with Gasteiger partial charge in [-0.15, -0.1) is 0 Å². The number of nitrogens with one attached hydrogen (secondary N) is 1. The monoisotopic (exact) mass is 180 g/mol. The lowest BCUT2D eigenvalue weighted by Crippen LogP contribution is -2.24. The van der Waals surface area contributed by atoms with Crippen molar-refractivity contribution in [1.29, 1.82) is 0 Å². The summed E-state index contributed by atoms with van der Waals surface area (Å²) in [6.07, 6.45) is 1.41. The third kappa shape index (κ3) is 2.43. The van der Waals surface area contributed by atoms with E-state index in [4.69, 9.17) is 4.52 Å². The highest BCUT2D eigenvalue weighted by molar-refractivity contribution is 5.94. The maximum atomic E-state index is 11.4. The average Bonchev–Trinajstić information content (AvgIpc) is 2.47. The SMILES string of the molecule is C=C(C)CNC(=O)c1cnoc1C. The van der Waals surface area contributed by atoms with Gasteiger partial charge in [0, 0.05) is 6.54 Å². The van der Waals surface area contributed by atoms with Crippen molar-refractivity contribution in [2.75, 3.05) is 6.54 Å². The Morgan fingerprint density at radius 1 is 1.77 bits per heavy atom. The lowest BCUT2D eigenvalue weighted by Gasteiger charge is -2.01. The zero-order valence-corrected chi connectivity index (χ0v) is 7.76. The first-order valence-corrected chi connectivity index (χ1v) is 3.95. The van der Waals surface area contributed by atoms with Crippen LogP contribution in [0.1, 0.15) is 23.0 Å². The molecule has 1 rings (SSSR count). The molecule has 0 atom stereocenters. The Bertz CT molecular complexity index is 328. The van der Waals surface area contributed by atoms with Gasteiger partial charge in [0.2, 0.25) is 0 Å². The molecule has 13 heavy (non-hydrogen) atoms. The van der Waals surface area contributed by atoms with E-state index >= 15 is 0 Å². The minimum absolute atomic E-state index is 0.179. The molecule has 0 aromatic carbocycles. The summed E-state index contributed by atoms with van der Waals surface area (Å²) in [4.78, 5) is 11.4. The van der Waals surface area contributed by atoms with Gasteiger partial charge in [-0.2, -0.15) is 0 Å². The summed E-state index contributed by atoms with van der Waals surface area (Å²) in [5.41, 5.74) is 1.38. The molecule has 4 heteroatoms. The van der Waals surface area contributed by atoms with E-state index < -0.39 is 0 Å². The summed E-state index contributed by atoms with van der Waals surface area (Å²) >= 11 is 0. The van der Waals surface area contributed by atoms with Gasteiger partial charge in [0.15, 0.2) is 0 Å². The van der Waals surface area contributed by atoms with Crippen molar-refractivity contribution in [1.82, 2.24) is 10.5 Å². The minimum Gasteiger partial charge on any atom is -0.361 e. The topological polar surface area (TPSA) is 55.1 Å². The summed E-state index contributed by atoms with van der Waals surface area (Å²) in [7, 11) is 0. The maximum absolute atomic E-state index is 11.4. The molecule has 1 aromatic heterocycles. The van der Waals surface area contributed by atoms with Crippen LogP contribution < -0.4 is 5.32 Å². The summed E-state index contributed by atoms with van der Waals surface area (Å²) < 4.78 is 4.76. The van der Waals surface area contributed by atoms with Gasteiger partial charge in [-0.3, -0.25) is 4.79 Å². The Morgan fingerprint density at radius 3 is 2.92 bits per heavy atom. The molecule has 0 saturated carbocycles. The largest absolute Gasteiger partial charge is 0.361 e. The van der Waals surface area contributed by atoms with Gasteiger partial charge in [0.25, 0.3) is 5.91 Å². The van der Waals surface area contributed by atoms with Gasteiger partial charge in [0.05, 0.1) is 6.20 Å². The zero-order chi connectivity index (χ0) is 9.84. The number of aromatic nitrogens is 1. The molecule has 0 spiro atoms. The van der Waals surface area contributed by atoms with Crippen LogP contribution in [0.25, 0.3) is 0 Å². The van der Waals surface area contributed by atoms with Crippen LogP contribution in [0.15, 0.2) is 22.9 Å². The maximum Gasteiger partial charge on any atom is 0.256 e. The number of hydrogen-bond acceptors (Lipinski definition) is 3. The lowest BCUT2D eigenvalue weighted by atomic mass is 10.2. The Hall–Kier alpha value is -1.58. The first-order chi connectivity index (χ1) is 6.11. The first-order valence-electron chi connectivity index (χ1n) is 3.95. The van der Waals surface area contributed by atoms with Gasteiger partial charge >= 0.3 is 0 Å². The molecule has 0 aliphatic heterocycles. The summed E-state index contributed by atoms with van der Waals surface area (Å²) in [5, 5.41) is 6.20. The van der Waals surface area contributed by atoms with Gasteiger partial charge in [-0.1, -0.05) is 17.3 Å². The fourth-order valence-corrected chi connectivity index (χ4v) is 0.843. The number of hydrogen-bond donors (Lipinski definition) is 1. The van der Waals surface area contributed by atoms with Crippen LogP contribution in [0.2, 0.25) is 0 Å². The molecule has 0 radical (unpaired) electrons. The quantitative estimate of drug-likeness (QED) is 0.713. The van der Waals surface area contributed by atoms with Crippen LogP contribution >= 0.6 is 0 Å². The Kier molecular flexibility index (Phi) is 2.84. The molecule has 1 aromatic rings. The van der Waals surface area contributed by atoms with E-state index in [-0.39, 0.29) is 5.91 Å². The van der Waals surface area contributed by atoms with E-state index in [1.807, 2.05) is 6.92 Å². The van der Waals surface area contributed by atoms with Crippen molar-refractivity contribution in [3.63, 3.8) is 0 Å². The highest BCUT2D eigenvalue weighted by Gasteiger charge is 2.11. The van der Waals surface area contributed by atoms with Crippen LogP contribution in [-0.4, -0.2) is 17.6 Å². The molecule has 70 valence electrons. The normalized spacial score (nSPS) is 9.69. The number of carbonyl (C=O) groups is 1. The number of rotatable bonds is 3. The Labute approximate surface area is 76.6 Å². The standard InChI is InChI=1S/C9H12N2O2/c1-6(2)4-10-9(12)8-5-11-13-7(8)3/h5H,1,4H2,2-3H3,(H,10,12). The van der Waals surface area contributed by atoms with Crippen molar-refractivity contribution in [3.05, 3.63) is 29.7 Å². The molecule has 4 nitrogen and oxygen atoms in total. The second kappa shape index (κ2) is 3.89. The summed E-state index contributed by atoms with van der Waals surface area (Å²) in [5.74, 6) is 0.348. The molecular weight excluding hydrogens is 168 g/mol. The predicted molar refractivity (Wildman–Crippen MR) is 48.4 cm³/mol. The number of carbonyl (C=O) groups excluding carboxylic acids is 1. The number of amides is 1. The molecule has 0 saturated heterocycles. The Morgan fingerprint density at radius 2 is 2.46 bits per heavy atom. The smallest absolute Gasteiger partial charge is 0.256 e. The van der Waals surface area contributed by atoms with Crippen LogP contribution in [0.3, 0.4) is 0 Å². The predicted octanol–water partition coefficient (Wildman–Crippen LogP) is 1.29. The highest BCUT2D eigenvalue weighted by Crippen LogP contribution is 2.04. The van der Waals surface area contributed by atoms with Crippen molar-refractivity contribution >= 4 is 5.91 Å². The summed E-state index contributed by atoms with van der Waals surface area (Å²) in [6.45, 7) is 7.70. The Balaban J connectivity index is 2.59. The fraction of sp³-hybridized carbons (Fsp3) is 0.333. The molecule has 0 aliphatic rings. The van der Waals surface area contributed by atoms with Crippen molar-refractivity contribution in [3.8, 4) is 0 Å². The molecule has 0 unspecified atom stereocenters. The van der Waals surface area contributed by atoms with E-state index in [2.05, 4.69) is 17.1 Å². The first kappa shape index (κ1) is 9.51. The van der Waals surface area contributed by atoms with E-state index in [9.17, 15) is 4.79 Å². The molecule has 0 fully saturated rings. The highest BCUT2D eigenvalue weighted by atomic mass is 16.5. The zero-order valence-electron chi connectivity index (χ0n) is 7.76. The van der Waals surface area contributed by atoms with E-state index in [0.29, 0.717) is 17.9 Å². The minimum atomic E-state index is -0.179. The number of aryl methyl sites for hydroxylation is 1. The van der Waals surface area contributed by atoms with E-state index in [1.165, 1.54) is 6.20 Å². The summed E-state index contributed by atoms with van der Waals surface area (Å²) in [6, 6.07) is 0. The van der Waals surface area contributed by atoms with E-state index in [1.54, 1.807) is 6.92 Å². The van der Waals surface area contributed by atoms with Crippen LogP contribution in [-0.2, 0) is 0 Å². The third-order valence-electron chi connectivity index (χ3n) is 1.55. The van der Waals surface area contributed by atoms with Gasteiger partial charge in [-0.05, 0) is 13.8 Å². The van der Waals surface area contributed by atoms with Crippen molar-refractivity contribution in [2.45, 2.75) is 13.8 Å². The molecule has 1 amide bonds. The van der Waals surface area contributed by atoms with E-state index in [0.717, 1.165) is 5.57 Å². The average molecular weight is 180 g/mol. The lowest BCUT2D eigenvalue weighted by molar-refractivity contribution is 0.0955. The molecular formula is C9H12N2O2. The second-order valence-corrected chi connectivity index (χ2v) is 2.94. The van der Waals surface area contributed by atoms with Gasteiger partial charge < -0.3 is 9.84 Å².